The maximum atomic E-state index is 12.4. The monoisotopic (exact) mass is 272 g/mol. The average molecular weight is 272 g/mol. The first-order valence-corrected chi connectivity index (χ1v) is 7.19. The highest BCUT2D eigenvalue weighted by Gasteiger charge is 2.60. The quantitative estimate of drug-likeness (QED) is 0.852. The number of allylic oxidation sites excluding steroid dienone is 2. The lowest BCUT2D eigenvalue weighted by Crippen LogP contribution is -2.29. The predicted octanol–water partition coefficient (Wildman–Crippen LogP) is 3.50. The summed E-state index contributed by atoms with van der Waals surface area (Å²) in [7, 11) is 0. The molecule has 0 saturated heterocycles. The molecule has 0 unspecified atom stereocenters. The minimum Gasteiger partial charge on any atom is -0.349 e. The van der Waals surface area contributed by atoms with Crippen LogP contribution in [-0.2, 0) is 4.79 Å². The number of nitrogens with one attached hydrogen (secondary N) is 1. The van der Waals surface area contributed by atoms with E-state index in [1.54, 1.807) is 12.4 Å². The number of carbonyl (C=O) groups is 1. The molecular formula is C17H24N2O. The Hall–Kier alpha value is -1.64. The van der Waals surface area contributed by atoms with Gasteiger partial charge in [0.05, 0.1) is 12.0 Å². The molecule has 20 heavy (non-hydrogen) atoms. The molecule has 1 aliphatic carbocycles. The summed E-state index contributed by atoms with van der Waals surface area (Å²) in [5, 5.41) is 3.12. The van der Waals surface area contributed by atoms with Crippen LogP contribution in [0.15, 0.2) is 36.2 Å². The van der Waals surface area contributed by atoms with Gasteiger partial charge >= 0.3 is 0 Å². The van der Waals surface area contributed by atoms with Gasteiger partial charge < -0.3 is 5.32 Å². The van der Waals surface area contributed by atoms with Gasteiger partial charge in [0.1, 0.15) is 0 Å². The number of hydrogen-bond acceptors (Lipinski definition) is 2. The van der Waals surface area contributed by atoms with Gasteiger partial charge in [0.2, 0.25) is 5.91 Å². The molecule has 0 radical (unpaired) electrons. The highest BCUT2D eigenvalue weighted by molar-refractivity contribution is 5.84. The number of aromatic nitrogens is 1. The molecule has 1 aliphatic rings. The van der Waals surface area contributed by atoms with E-state index in [2.05, 4.69) is 44.1 Å². The third-order valence-electron chi connectivity index (χ3n) is 4.27. The zero-order chi connectivity index (χ0) is 14.9. The van der Waals surface area contributed by atoms with Crippen LogP contribution in [0, 0.1) is 17.3 Å². The van der Waals surface area contributed by atoms with Crippen molar-refractivity contribution in [3.05, 3.63) is 41.7 Å². The second-order valence-corrected chi connectivity index (χ2v) is 6.58. The second-order valence-electron chi connectivity index (χ2n) is 6.58. The fraction of sp³-hybridized carbons (Fsp3) is 0.529. The van der Waals surface area contributed by atoms with Gasteiger partial charge in [-0.15, -0.1) is 0 Å². The summed E-state index contributed by atoms with van der Waals surface area (Å²) in [4.78, 5) is 16.4. The van der Waals surface area contributed by atoms with E-state index in [4.69, 9.17) is 0 Å². The van der Waals surface area contributed by atoms with Gasteiger partial charge in [-0.05, 0) is 49.8 Å². The largest absolute Gasteiger partial charge is 0.349 e. The number of hydrogen-bond donors (Lipinski definition) is 1. The molecule has 1 saturated carbocycles. The van der Waals surface area contributed by atoms with Gasteiger partial charge in [0, 0.05) is 12.4 Å². The molecule has 3 heteroatoms. The Labute approximate surface area is 121 Å². The highest BCUT2D eigenvalue weighted by Crippen LogP contribution is 2.59. The van der Waals surface area contributed by atoms with Crippen LogP contribution in [0.5, 0.6) is 0 Å². The lowest BCUT2D eigenvalue weighted by molar-refractivity contribution is -0.123. The molecule has 1 fully saturated rings. The van der Waals surface area contributed by atoms with Crippen LogP contribution in [0.1, 0.15) is 46.2 Å². The Morgan fingerprint density at radius 3 is 2.50 bits per heavy atom. The van der Waals surface area contributed by atoms with Crippen molar-refractivity contribution in [3.63, 3.8) is 0 Å². The van der Waals surface area contributed by atoms with Crippen LogP contribution in [-0.4, -0.2) is 10.9 Å². The molecule has 3 nitrogen and oxygen atoms in total. The molecule has 1 amide bonds. The summed E-state index contributed by atoms with van der Waals surface area (Å²) in [6.45, 7) is 10.5. The van der Waals surface area contributed by atoms with E-state index < -0.39 is 0 Å². The Morgan fingerprint density at radius 2 is 1.95 bits per heavy atom. The normalized spacial score (nSPS) is 24.6. The predicted molar refractivity (Wildman–Crippen MR) is 81.0 cm³/mol. The van der Waals surface area contributed by atoms with Crippen LogP contribution in [0.25, 0.3) is 0 Å². The van der Waals surface area contributed by atoms with Crippen LogP contribution in [0.2, 0.25) is 0 Å². The van der Waals surface area contributed by atoms with E-state index in [1.807, 2.05) is 19.1 Å². The maximum absolute atomic E-state index is 12.4. The van der Waals surface area contributed by atoms with Gasteiger partial charge in [-0.3, -0.25) is 9.78 Å². The van der Waals surface area contributed by atoms with E-state index in [0.29, 0.717) is 5.92 Å². The first-order valence-electron chi connectivity index (χ1n) is 7.19. The number of pyridine rings is 1. The third kappa shape index (κ3) is 2.92. The number of amides is 1. The van der Waals surface area contributed by atoms with Crippen LogP contribution in [0.3, 0.4) is 0 Å². The molecule has 1 aromatic heterocycles. The Morgan fingerprint density at radius 1 is 1.35 bits per heavy atom. The summed E-state index contributed by atoms with van der Waals surface area (Å²) >= 11 is 0. The van der Waals surface area contributed by atoms with Crippen molar-refractivity contribution < 1.29 is 4.79 Å². The fourth-order valence-corrected chi connectivity index (χ4v) is 2.89. The minimum absolute atomic E-state index is 0.0225. The van der Waals surface area contributed by atoms with E-state index in [-0.39, 0.29) is 23.3 Å². The standard InChI is InChI=1S/C17H24N2O/c1-11(2)10-14-15(17(14,4)5)16(20)19-12(3)13-6-8-18-9-7-13/h6-10,12,14-15H,1-5H3,(H,19,20)/t12-,14-,15-/m1/s1. The fourth-order valence-electron chi connectivity index (χ4n) is 2.89. The zero-order valence-corrected chi connectivity index (χ0v) is 13.0. The molecule has 1 heterocycles. The van der Waals surface area contributed by atoms with E-state index >= 15 is 0 Å². The summed E-state index contributed by atoms with van der Waals surface area (Å²) in [5.41, 5.74) is 2.44. The highest BCUT2D eigenvalue weighted by atomic mass is 16.2. The molecule has 0 spiro atoms. The van der Waals surface area contributed by atoms with E-state index in [0.717, 1.165) is 5.56 Å². The van der Waals surface area contributed by atoms with Crippen LogP contribution in [0.4, 0.5) is 0 Å². The summed E-state index contributed by atoms with van der Waals surface area (Å²) in [5.74, 6) is 0.598. The first-order chi connectivity index (χ1) is 9.34. The van der Waals surface area contributed by atoms with Crippen molar-refractivity contribution in [1.82, 2.24) is 10.3 Å². The molecular weight excluding hydrogens is 248 g/mol. The van der Waals surface area contributed by atoms with E-state index in [1.165, 1.54) is 5.57 Å². The first kappa shape index (κ1) is 14.8. The number of carbonyl (C=O) groups excluding carboxylic acids is 1. The van der Waals surface area contributed by atoms with Gasteiger partial charge in [-0.1, -0.05) is 25.5 Å². The Bertz CT molecular complexity index is 515. The lowest BCUT2D eigenvalue weighted by Gasteiger charge is -2.14. The third-order valence-corrected chi connectivity index (χ3v) is 4.27. The Kier molecular flexibility index (Phi) is 3.98. The topological polar surface area (TPSA) is 42.0 Å². The van der Waals surface area contributed by atoms with Crippen molar-refractivity contribution in [2.75, 3.05) is 0 Å². The summed E-state index contributed by atoms with van der Waals surface area (Å²) in [6.07, 6.45) is 5.73. The van der Waals surface area contributed by atoms with Gasteiger partial charge in [-0.2, -0.15) is 0 Å². The van der Waals surface area contributed by atoms with Gasteiger partial charge in [0.15, 0.2) is 0 Å². The van der Waals surface area contributed by atoms with Crippen molar-refractivity contribution in [2.45, 2.75) is 40.7 Å². The smallest absolute Gasteiger partial charge is 0.224 e. The molecule has 108 valence electrons. The summed E-state index contributed by atoms with van der Waals surface area (Å²) < 4.78 is 0. The number of nitrogens with zero attached hydrogens (tertiary/aromatic N) is 1. The lowest BCUT2D eigenvalue weighted by atomic mass is 10.1. The Balaban J connectivity index is 2.02. The zero-order valence-electron chi connectivity index (χ0n) is 13.0. The summed E-state index contributed by atoms with van der Waals surface area (Å²) in [6, 6.07) is 3.90. The van der Waals surface area contributed by atoms with Crippen molar-refractivity contribution >= 4 is 5.91 Å². The molecule has 1 N–H and O–H groups in total. The van der Waals surface area contributed by atoms with Gasteiger partial charge in [-0.25, -0.2) is 0 Å². The molecule has 3 atom stereocenters. The molecule has 2 rings (SSSR count). The van der Waals surface area contributed by atoms with Crippen LogP contribution < -0.4 is 5.32 Å². The molecule has 0 aliphatic heterocycles. The minimum atomic E-state index is 0.0225. The maximum Gasteiger partial charge on any atom is 0.224 e. The average Bonchev–Trinajstić information content (AvgIpc) is 2.91. The SMILES string of the molecule is CC(C)=C[C@@H]1[C@H](C(=O)N[C@H](C)c2ccncc2)C1(C)C. The van der Waals surface area contributed by atoms with Gasteiger partial charge in [0.25, 0.3) is 0 Å². The van der Waals surface area contributed by atoms with Crippen molar-refractivity contribution in [1.29, 1.82) is 0 Å². The van der Waals surface area contributed by atoms with E-state index in [9.17, 15) is 4.79 Å². The van der Waals surface area contributed by atoms with Crippen LogP contribution >= 0.6 is 0 Å². The molecule has 0 bridgehead atoms. The van der Waals surface area contributed by atoms with Crippen molar-refractivity contribution in [3.8, 4) is 0 Å². The molecule has 1 aromatic rings. The molecule has 0 aromatic carbocycles. The van der Waals surface area contributed by atoms with Crippen molar-refractivity contribution in [2.24, 2.45) is 17.3 Å². The number of rotatable bonds is 4. The second kappa shape index (κ2) is 5.39.